The van der Waals surface area contributed by atoms with Crippen molar-refractivity contribution < 1.29 is 4.79 Å². The van der Waals surface area contributed by atoms with Crippen molar-refractivity contribution in [1.82, 2.24) is 10.2 Å². The van der Waals surface area contributed by atoms with E-state index in [2.05, 4.69) is 65.5 Å². The minimum atomic E-state index is -0.0565. The van der Waals surface area contributed by atoms with Gasteiger partial charge in [0.15, 0.2) is 5.82 Å². The molecule has 1 aliphatic heterocycles. The number of carbonyl (C=O) groups is 1. The van der Waals surface area contributed by atoms with Crippen LogP contribution in [0.15, 0.2) is 54.6 Å². The molecule has 1 fully saturated rings. The molecule has 0 spiro atoms. The van der Waals surface area contributed by atoms with Gasteiger partial charge in [0.05, 0.1) is 11.6 Å². The Kier molecular flexibility index (Phi) is 5.79. The van der Waals surface area contributed by atoms with Gasteiger partial charge >= 0.3 is 0 Å². The molecule has 3 aromatic rings. The first-order valence-corrected chi connectivity index (χ1v) is 10.5. The average molecular weight is 401 g/mol. The summed E-state index contributed by atoms with van der Waals surface area (Å²) in [5.41, 5.74) is 6.42. The van der Waals surface area contributed by atoms with Crippen LogP contribution in [0.25, 0.3) is 11.3 Å². The molecule has 30 heavy (non-hydrogen) atoms. The fourth-order valence-electron chi connectivity index (χ4n) is 3.83. The summed E-state index contributed by atoms with van der Waals surface area (Å²) in [6.45, 7) is 7.76. The summed E-state index contributed by atoms with van der Waals surface area (Å²) in [5, 5.41) is 11.9. The number of aromatic nitrogens is 2. The number of hydrogen-bond acceptors (Lipinski definition) is 4. The van der Waals surface area contributed by atoms with Crippen LogP contribution < -0.4 is 10.2 Å². The SMILES string of the molecule is Cc1ccc(-c2ccc(N3CCC[C@H](C(=O)Nc4ccc(C)c(C)c4)C3)nn2)cc1. The molecule has 5 nitrogen and oxygen atoms in total. The number of aryl methyl sites for hydroxylation is 3. The highest BCUT2D eigenvalue weighted by molar-refractivity contribution is 5.93. The number of carbonyl (C=O) groups excluding carboxylic acids is 1. The minimum absolute atomic E-state index is 0.0565. The maximum Gasteiger partial charge on any atom is 0.229 e. The zero-order valence-electron chi connectivity index (χ0n) is 17.9. The van der Waals surface area contributed by atoms with Gasteiger partial charge in [0, 0.05) is 24.3 Å². The molecule has 1 amide bonds. The van der Waals surface area contributed by atoms with Crippen molar-refractivity contribution in [1.29, 1.82) is 0 Å². The molecule has 0 radical (unpaired) electrons. The lowest BCUT2D eigenvalue weighted by molar-refractivity contribution is -0.120. The molecule has 0 bridgehead atoms. The quantitative estimate of drug-likeness (QED) is 0.675. The highest BCUT2D eigenvalue weighted by Crippen LogP contribution is 2.25. The number of hydrogen-bond donors (Lipinski definition) is 1. The van der Waals surface area contributed by atoms with Crippen molar-refractivity contribution >= 4 is 17.4 Å². The first kappa shape index (κ1) is 20.1. The number of benzene rings is 2. The lowest BCUT2D eigenvalue weighted by Gasteiger charge is -2.32. The van der Waals surface area contributed by atoms with Crippen LogP contribution in [0.2, 0.25) is 0 Å². The predicted octanol–water partition coefficient (Wildman–Crippen LogP) is 4.92. The van der Waals surface area contributed by atoms with Crippen LogP contribution in [0.1, 0.15) is 29.5 Å². The Labute approximate surface area is 178 Å². The minimum Gasteiger partial charge on any atom is -0.354 e. The summed E-state index contributed by atoms with van der Waals surface area (Å²) in [5.74, 6) is 0.848. The van der Waals surface area contributed by atoms with E-state index in [4.69, 9.17) is 0 Å². The summed E-state index contributed by atoms with van der Waals surface area (Å²) in [7, 11) is 0. The van der Waals surface area contributed by atoms with E-state index < -0.39 is 0 Å². The van der Waals surface area contributed by atoms with Gasteiger partial charge in [-0.2, -0.15) is 0 Å². The van der Waals surface area contributed by atoms with Crippen molar-refractivity contribution in [3.05, 3.63) is 71.3 Å². The normalized spacial score (nSPS) is 16.4. The molecule has 2 heterocycles. The van der Waals surface area contributed by atoms with Crippen LogP contribution in [0.3, 0.4) is 0 Å². The summed E-state index contributed by atoms with van der Waals surface area (Å²) in [6, 6.07) is 18.3. The van der Waals surface area contributed by atoms with Crippen molar-refractivity contribution in [3.63, 3.8) is 0 Å². The number of nitrogens with one attached hydrogen (secondary N) is 1. The van der Waals surface area contributed by atoms with E-state index in [1.54, 1.807) is 0 Å². The standard InChI is InChI=1S/C25H28N4O/c1-17-6-9-20(10-7-17)23-12-13-24(28-27-23)29-14-4-5-21(16-29)25(30)26-22-11-8-18(2)19(3)15-22/h6-13,15,21H,4-5,14,16H2,1-3H3,(H,26,30)/t21-/m0/s1. The van der Waals surface area contributed by atoms with Gasteiger partial charge in [-0.1, -0.05) is 35.9 Å². The first-order valence-electron chi connectivity index (χ1n) is 10.5. The zero-order valence-corrected chi connectivity index (χ0v) is 17.9. The van der Waals surface area contributed by atoms with E-state index in [1.165, 1.54) is 16.7 Å². The number of nitrogens with zero attached hydrogens (tertiary/aromatic N) is 3. The molecule has 5 heteroatoms. The van der Waals surface area contributed by atoms with E-state index in [-0.39, 0.29) is 11.8 Å². The molecule has 4 rings (SSSR count). The summed E-state index contributed by atoms with van der Waals surface area (Å²) < 4.78 is 0. The predicted molar refractivity (Wildman–Crippen MR) is 122 cm³/mol. The smallest absolute Gasteiger partial charge is 0.229 e. The first-order chi connectivity index (χ1) is 14.5. The van der Waals surface area contributed by atoms with Crippen LogP contribution in [-0.2, 0) is 4.79 Å². The van der Waals surface area contributed by atoms with Crippen LogP contribution >= 0.6 is 0 Å². The van der Waals surface area contributed by atoms with E-state index >= 15 is 0 Å². The monoisotopic (exact) mass is 400 g/mol. The van der Waals surface area contributed by atoms with Gasteiger partial charge in [-0.05, 0) is 69.0 Å². The van der Waals surface area contributed by atoms with E-state index in [0.29, 0.717) is 6.54 Å². The molecule has 154 valence electrons. The molecule has 0 saturated carbocycles. The average Bonchev–Trinajstić information content (AvgIpc) is 2.77. The maximum atomic E-state index is 12.8. The molecule has 2 aromatic carbocycles. The Morgan fingerprint density at radius 3 is 2.47 bits per heavy atom. The molecule has 1 saturated heterocycles. The fraction of sp³-hybridized carbons (Fsp3) is 0.320. The highest BCUT2D eigenvalue weighted by atomic mass is 16.1. The van der Waals surface area contributed by atoms with Crippen LogP contribution in [0.4, 0.5) is 11.5 Å². The number of piperidine rings is 1. The Morgan fingerprint density at radius 2 is 1.77 bits per heavy atom. The highest BCUT2D eigenvalue weighted by Gasteiger charge is 2.27. The van der Waals surface area contributed by atoms with Gasteiger partial charge < -0.3 is 10.2 Å². The van der Waals surface area contributed by atoms with Gasteiger partial charge in [0.2, 0.25) is 5.91 Å². The van der Waals surface area contributed by atoms with Gasteiger partial charge in [0.1, 0.15) is 0 Å². The molecule has 1 atom stereocenters. The Bertz CT molecular complexity index is 1030. The van der Waals surface area contributed by atoms with Crippen molar-refractivity contribution in [2.45, 2.75) is 33.6 Å². The fourth-order valence-corrected chi connectivity index (χ4v) is 3.83. The van der Waals surface area contributed by atoms with Crippen LogP contribution in [0, 0.1) is 26.7 Å². The Morgan fingerprint density at radius 1 is 0.967 bits per heavy atom. The van der Waals surface area contributed by atoms with Gasteiger partial charge in [-0.3, -0.25) is 4.79 Å². The van der Waals surface area contributed by atoms with Crippen LogP contribution in [0.5, 0.6) is 0 Å². The Hall–Kier alpha value is -3.21. The second-order valence-corrected chi connectivity index (χ2v) is 8.22. The van der Waals surface area contributed by atoms with Gasteiger partial charge in [-0.25, -0.2) is 0 Å². The molecule has 0 aliphatic carbocycles. The Balaban J connectivity index is 1.42. The molecule has 1 aromatic heterocycles. The molecule has 1 aliphatic rings. The number of amides is 1. The third-order valence-electron chi connectivity index (χ3n) is 5.89. The zero-order chi connectivity index (χ0) is 21.1. The maximum absolute atomic E-state index is 12.8. The van der Waals surface area contributed by atoms with E-state index in [9.17, 15) is 4.79 Å². The lowest BCUT2D eigenvalue weighted by atomic mass is 9.97. The summed E-state index contributed by atoms with van der Waals surface area (Å²) >= 11 is 0. The third kappa shape index (κ3) is 4.51. The van der Waals surface area contributed by atoms with E-state index in [1.807, 2.05) is 30.3 Å². The number of anilines is 2. The summed E-state index contributed by atoms with van der Waals surface area (Å²) in [4.78, 5) is 15.0. The van der Waals surface area contributed by atoms with E-state index in [0.717, 1.165) is 42.1 Å². The lowest BCUT2D eigenvalue weighted by Crippen LogP contribution is -2.41. The third-order valence-corrected chi connectivity index (χ3v) is 5.89. The van der Waals surface area contributed by atoms with Crippen molar-refractivity contribution in [2.24, 2.45) is 5.92 Å². The molecule has 1 N–H and O–H groups in total. The van der Waals surface area contributed by atoms with Gasteiger partial charge in [0.25, 0.3) is 0 Å². The molecule has 0 unspecified atom stereocenters. The van der Waals surface area contributed by atoms with Crippen molar-refractivity contribution in [3.8, 4) is 11.3 Å². The van der Waals surface area contributed by atoms with Gasteiger partial charge in [-0.15, -0.1) is 10.2 Å². The molecular formula is C25H28N4O. The second kappa shape index (κ2) is 8.66. The summed E-state index contributed by atoms with van der Waals surface area (Å²) in [6.07, 6.45) is 1.86. The largest absolute Gasteiger partial charge is 0.354 e. The van der Waals surface area contributed by atoms with Crippen molar-refractivity contribution in [2.75, 3.05) is 23.3 Å². The topological polar surface area (TPSA) is 58.1 Å². The number of rotatable bonds is 4. The second-order valence-electron chi connectivity index (χ2n) is 8.22. The van der Waals surface area contributed by atoms with Crippen LogP contribution in [-0.4, -0.2) is 29.2 Å². The molecular weight excluding hydrogens is 372 g/mol.